The van der Waals surface area contributed by atoms with Crippen molar-refractivity contribution in [1.29, 1.82) is 0 Å². The van der Waals surface area contributed by atoms with Crippen LogP contribution in [-0.4, -0.2) is 30.7 Å². The lowest BCUT2D eigenvalue weighted by molar-refractivity contribution is -0.937. The maximum Gasteiger partial charge on any atom is 0.137 e. The molecule has 2 aromatic carbocycles. The standard InChI is InChI=1S/C27H42NO/c1-7-28(8-2,22-25-12-10-9-11-13-25)18-19-29-26-16-14-24(15-17-26)21-27(5,6)20-23(3)4/h9-17,23H,7-8,18-22H2,1-6H3/q+1. The van der Waals surface area contributed by atoms with E-state index in [0.717, 1.165) is 55.4 Å². The van der Waals surface area contributed by atoms with Crippen LogP contribution >= 0.6 is 0 Å². The molecule has 0 atom stereocenters. The molecule has 2 heteroatoms. The molecule has 0 radical (unpaired) electrons. The number of benzene rings is 2. The van der Waals surface area contributed by atoms with Crippen LogP contribution in [0.1, 0.15) is 59.1 Å². The highest BCUT2D eigenvalue weighted by molar-refractivity contribution is 5.28. The zero-order valence-electron chi connectivity index (χ0n) is 19.6. The van der Waals surface area contributed by atoms with Crippen molar-refractivity contribution in [1.82, 2.24) is 0 Å². The first-order valence-corrected chi connectivity index (χ1v) is 11.4. The van der Waals surface area contributed by atoms with Crippen molar-refractivity contribution >= 4 is 0 Å². The molecule has 160 valence electrons. The average molecular weight is 397 g/mol. The van der Waals surface area contributed by atoms with E-state index < -0.39 is 0 Å². The number of quaternary nitrogens is 1. The van der Waals surface area contributed by atoms with Gasteiger partial charge < -0.3 is 9.22 Å². The number of hydrogen-bond acceptors (Lipinski definition) is 1. The van der Waals surface area contributed by atoms with Gasteiger partial charge in [0, 0.05) is 5.56 Å². The van der Waals surface area contributed by atoms with Gasteiger partial charge in [-0.25, -0.2) is 0 Å². The lowest BCUT2D eigenvalue weighted by Crippen LogP contribution is -2.49. The van der Waals surface area contributed by atoms with Gasteiger partial charge in [0.25, 0.3) is 0 Å². The van der Waals surface area contributed by atoms with Crippen LogP contribution in [0.5, 0.6) is 5.75 Å². The third-order valence-corrected chi connectivity index (χ3v) is 6.10. The lowest BCUT2D eigenvalue weighted by atomic mass is 9.79. The van der Waals surface area contributed by atoms with Gasteiger partial charge in [-0.3, -0.25) is 0 Å². The van der Waals surface area contributed by atoms with Gasteiger partial charge in [0.2, 0.25) is 0 Å². The van der Waals surface area contributed by atoms with Crippen LogP contribution in [0.15, 0.2) is 54.6 Å². The summed E-state index contributed by atoms with van der Waals surface area (Å²) >= 11 is 0. The fraction of sp³-hybridized carbons (Fsp3) is 0.556. The van der Waals surface area contributed by atoms with Gasteiger partial charge >= 0.3 is 0 Å². The highest BCUT2D eigenvalue weighted by Gasteiger charge is 2.24. The van der Waals surface area contributed by atoms with Crippen molar-refractivity contribution in [3.63, 3.8) is 0 Å². The van der Waals surface area contributed by atoms with E-state index in [0.29, 0.717) is 5.41 Å². The quantitative estimate of drug-likeness (QED) is 0.361. The van der Waals surface area contributed by atoms with E-state index in [4.69, 9.17) is 4.74 Å². The van der Waals surface area contributed by atoms with Crippen molar-refractivity contribution in [3.8, 4) is 5.75 Å². The third kappa shape index (κ3) is 7.85. The summed E-state index contributed by atoms with van der Waals surface area (Å²) in [4.78, 5) is 0. The Morgan fingerprint density at radius 2 is 1.48 bits per heavy atom. The number of ether oxygens (including phenoxy) is 1. The Morgan fingerprint density at radius 1 is 0.862 bits per heavy atom. The van der Waals surface area contributed by atoms with Crippen LogP contribution < -0.4 is 4.74 Å². The van der Waals surface area contributed by atoms with E-state index in [9.17, 15) is 0 Å². The van der Waals surface area contributed by atoms with Crippen LogP contribution in [0, 0.1) is 11.3 Å². The molecule has 0 saturated carbocycles. The first kappa shape index (κ1) is 23.5. The minimum absolute atomic E-state index is 0.341. The molecule has 0 aromatic heterocycles. The Balaban J connectivity index is 1.90. The first-order valence-electron chi connectivity index (χ1n) is 11.4. The molecular weight excluding hydrogens is 354 g/mol. The summed E-state index contributed by atoms with van der Waals surface area (Å²) < 4.78 is 7.20. The van der Waals surface area contributed by atoms with Crippen LogP contribution in [0.25, 0.3) is 0 Å². The molecule has 0 saturated heterocycles. The molecule has 0 spiro atoms. The molecule has 0 amide bonds. The summed E-state index contributed by atoms with van der Waals surface area (Å²) in [7, 11) is 0. The monoisotopic (exact) mass is 396 g/mol. The summed E-state index contributed by atoms with van der Waals surface area (Å²) in [5.74, 6) is 1.72. The number of rotatable bonds is 12. The van der Waals surface area contributed by atoms with Crippen molar-refractivity contribution in [2.24, 2.45) is 11.3 Å². The van der Waals surface area contributed by atoms with Gasteiger partial charge in [-0.2, -0.15) is 0 Å². The highest BCUT2D eigenvalue weighted by Crippen LogP contribution is 2.30. The molecule has 2 aromatic rings. The predicted molar refractivity (Wildman–Crippen MR) is 125 cm³/mol. The Hall–Kier alpha value is -1.80. The Morgan fingerprint density at radius 3 is 2.03 bits per heavy atom. The van der Waals surface area contributed by atoms with Gasteiger partial charge in [-0.1, -0.05) is 70.2 Å². The molecular formula is C27H42NO+. The van der Waals surface area contributed by atoms with Crippen LogP contribution in [0.4, 0.5) is 0 Å². The summed E-state index contributed by atoms with van der Waals surface area (Å²) in [6, 6.07) is 19.6. The second kappa shape index (κ2) is 10.8. The molecule has 0 N–H and O–H groups in total. The Kier molecular flexibility index (Phi) is 8.77. The molecule has 0 aliphatic heterocycles. The average Bonchev–Trinajstić information content (AvgIpc) is 2.68. The lowest BCUT2D eigenvalue weighted by Gasteiger charge is -2.37. The minimum Gasteiger partial charge on any atom is -0.488 e. The SMILES string of the molecule is CC[N+](CC)(CCOc1ccc(CC(C)(C)CC(C)C)cc1)Cc1ccccc1. The Labute approximate surface area is 179 Å². The molecule has 0 aliphatic carbocycles. The van der Waals surface area contributed by atoms with Crippen molar-refractivity contribution < 1.29 is 9.22 Å². The summed E-state index contributed by atoms with van der Waals surface area (Å²) in [5, 5.41) is 0. The molecule has 2 rings (SSSR count). The highest BCUT2D eigenvalue weighted by atomic mass is 16.5. The van der Waals surface area contributed by atoms with E-state index in [1.54, 1.807) is 0 Å². The number of nitrogens with zero attached hydrogens (tertiary/aromatic N) is 1. The Bertz CT molecular complexity index is 699. The van der Waals surface area contributed by atoms with Gasteiger partial charge in [0.1, 0.15) is 25.4 Å². The number of hydrogen-bond donors (Lipinski definition) is 0. The topological polar surface area (TPSA) is 9.23 Å². The third-order valence-electron chi connectivity index (χ3n) is 6.10. The van der Waals surface area contributed by atoms with E-state index in [1.165, 1.54) is 17.5 Å². The summed E-state index contributed by atoms with van der Waals surface area (Å²) in [5.41, 5.74) is 3.15. The van der Waals surface area contributed by atoms with Gasteiger partial charge in [-0.15, -0.1) is 0 Å². The van der Waals surface area contributed by atoms with E-state index in [1.807, 2.05) is 0 Å². The van der Waals surface area contributed by atoms with Gasteiger partial charge in [0.15, 0.2) is 0 Å². The molecule has 0 fully saturated rings. The summed E-state index contributed by atoms with van der Waals surface area (Å²) in [6.07, 6.45) is 2.37. The molecule has 29 heavy (non-hydrogen) atoms. The molecule has 0 aliphatic rings. The zero-order valence-corrected chi connectivity index (χ0v) is 19.6. The van der Waals surface area contributed by atoms with Crippen molar-refractivity contribution in [2.75, 3.05) is 26.2 Å². The van der Waals surface area contributed by atoms with Crippen LogP contribution in [-0.2, 0) is 13.0 Å². The fourth-order valence-electron chi connectivity index (χ4n) is 4.60. The normalized spacial score (nSPS) is 12.4. The second-order valence-corrected chi connectivity index (χ2v) is 9.77. The smallest absolute Gasteiger partial charge is 0.137 e. The second-order valence-electron chi connectivity index (χ2n) is 9.77. The molecule has 0 heterocycles. The largest absolute Gasteiger partial charge is 0.488 e. The van der Waals surface area contributed by atoms with Crippen LogP contribution in [0.2, 0.25) is 0 Å². The van der Waals surface area contributed by atoms with Gasteiger partial charge in [0.05, 0.1) is 13.1 Å². The molecule has 0 bridgehead atoms. The first-order chi connectivity index (χ1) is 13.8. The van der Waals surface area contributed by atoms with Gasteiger partial charge in [-0.05, 0) is 55.7 Å². The number of likely N-dealkylation sites (N-methyl/N-ethyl adjacent to an activating group) is 1. The molecule has 2 nitrogen and oxygen atoms in total. The summed E-state index contributed by atoms with van der Waals surface area (Å²) in [6.45, 7) is 19.0. The maximum absolute atomic E-state index is 6.14. The fourth-order valence-corrected chi connectivity index (χ4v) is 4.60. The van der Waals surface area contributed by atoms with Crippen molar-refractivity contribution in [3.05, 3.63) is 65.7 Å². The van der Waals surface area contributed by atoms with Crippen LogP contribution in [0.3, 0.4) is 0 Å². The van der Waals surface area contributed by atoms with Crippen molar-refractivity contribution in [2.45, 2.75) is 60.9 Å². The van der Waals surface area contributed by atoms with E-state index >= 15 is 0 Å². The zero-order chi connectivity index (χ0) is 21.3. The van der Waals surface area contributed by atoms with E-state index in [2.05, 4.69) is 96.1 Å². The predicted octanol–water partition coefficient (Wildman–Crippen LogP) is 6.74. The minimum atomic E-state index is 0.341. The van der Waals surface area contributed by atoms with E-state index in [-0.39, 0.29) is 0 Å². The molecule has 0 unspecified atom stereocenters. The maximum atomic E-state index is 6.14.